The molecular weight excluding hydrogens is 1530 g/mol. The standard InChI is InChI=1S/C112H94N4O8/c1-5-9-61-121-109(117)81-65-85(73-37-21-13-22-38-73)101(86(66-81)74-39-23-14-24-40-74)105-93-53-55-95(113-93)106(102-87(75-41-25-15-26-42-75)67-82(110(118)122-62-10-6-2)68-88(102)76-43-27-16-28-44-76)97-57-59-99(115-97)108(104-91(79-49-33-19-34-50-79)71-84(112(120)124-64-12-8-4)72-92(104)80-51-35-20-36-52-80)100-60-58-98(116-100)107(96-56-54-94(105)114-96)103-89(77-45-29-17-30-46-77)69-83(111(119)123-63-11-7-3)70-90(103)78-47-31-18-32-48-78/h13-60,65-72,113,116H,5-12,61-64H2,1-4H3. The molecule has 0 saturated heterocycles. The van der Waals surface area contributed by atoms with E-state index in [0.717, 1.165) is 137 Å². The van der Waals surface area contributed by atoms with Gasteiger partial charge in [0.25, 0.3) is 0 Å². The second-order valence-electron chi connectivity index (χ2n) is 31.2. The van der Waals surface area contributed by atoms with E-state index in [1.807, 2.05) is 194 Å². The zero-order chi connectivity index (χ0) is 84.8. The topological polar surface area (TPSA) is 163 Å². The number of esters is 4. The summed E-state index contributed by atoms with van der Waals surface area (Å²) in [7, 11) is 0. The normalized spacial score (nSPS) is 11.5. The van der Waals surface area contributed by atoms with Gasteiger partial charge in [-0.1, -0.05) is 296 Å². The molecule has 124 heavy (non-hydrogen) atoms. The van der Waals surface area contributed by atoms with Crippen molar-refractivity contribution < 1.29 is 38.1 Å². The van der Waals surface area contributed by atoms with E-state index in [1.54, 1.807) is 0 Å². The van der Waals surface area contributed by atoms with Gasteiger partial charge in [-0.05, 0) is 212 Å². The molecule has 0 saturated carbocycles. The number of aromatic amines is 2. The number of carbonyl (C=O) groups excluding carboxylic acids is 4. The molecular formula is C112H94N4O8. The Morgan fingerprint density at radius 2 is 0.387 bits per heavy atom. The summed E-state index contributed by atoms with van der Waals surface area (Å²) in [6.07, 6.45) is 14.5. The Hall–Kier alpha value is -14.9. The van der Waals surface area contributed by atoms with Crippen molar-refractivity contribution in [3.8, 4) is 134 Å². The van der Waals surface area contributed by atoms with E-state index >= 15 is 0 Å². The Bertz CT molecular complexity index is 5660. The first-order chi connectivity index (χ1) is 61.0. The fourth-order valence-corrected chi connectivity index (χ4v) is 16.7. The van der Waals surface area contributed by atoms with E-state index < -0.39 is 23.9 Å². The van der Waals surface area contributed by atoms with Crippen molar-refractivity contribution in [1.82, 2.24) is 19.9 Å². The van der Waals surface area contributed by atoms with Gasteiger partial charge in [0.1, 0.15) is 0 Å². The van der Waals surface area contributed by atoms with Gasteiger partial charge in [0.05, 0.1) is 71.5 Å². The van der Waals surface area contributed by atoms with Gasteiger partial charge in [0.2, 0.25) is 0 Å². The quantitative estimate of drug-likeness (QED) is 0.0274. The van der Waals surface area contributed by atoms with Crippen molar-refractivity contribution in [2.75, 3.05) is 26.4 Å². The maximum Gasteiger partial charge on any atom is 0.338 e. The van der Waals surface area contributed by atoms with Crippen molar-refractivity contribution in [2.45, 2.75) is 79.1 Å². The number of fused-ring (bicyclic) bond motifs is 8. The van der Waals surface area contributed by atoms with E-state index in [1.165, 1.54) is 0 Å². The maximum absolute atomic E-state index is 15.0. The summed E-state index contributed by atoms with van der Waals surface area (Å²) in [6.45, 7) is 9.31. The third kappa shape index (κ3) is 17.2. The lowest BCUT2D eigenvalue weighted by Crippen LogP contribution is -2.08. The van der Waals surface area contributed by atoms with Crippen LogP contribution in [-0.2, 0) is 18.9 Å². The van der Waals surface area contributed by atoms with Gasteiger partial charge in [-0.3, -0.25) is 0 Å². The molecule has 2 aliphatic heterocycles. The lowest BCUT2D eigenvalue weighted by molar-refractivity contribution is 0.0490. The Balaban J connectivity index is 1.12. The lowest BCUT2D eigenvalue weighted by Gasteiger charge is -2.20. The molecule has 5 heterocycles. The summed E-state index contributed by atoms with van der Waals surface area (Å²) in [5.74, 6) is -1.78. The summed E-state index contributed by atoms with van der Waals surface area (Å²) >= 11 is 0. The molecule has 0 atom stereocenters. The number of H-pyrrole nitrogens is 2. The number of unbranched alkanes of at least 4 members (excludes halogenated alkanes) is 4. The monoisotopic (exact) mass is 1620 g/mol. The molecule has 0 amide bonds. The predicted octanol–water partition coefficient (Wildman–Crippen LogP) is 28.5. The second kappa shape index (κ2) is 37.8. The minimum atomic E-state index is -0.446. The molecule has 2 aliphatic rings. The number of hydrogen-bond acceptors (Lipinski definition) is 10. The first kappa shape index (κ1) is 81.5. The average molecular weight is 1620 g/mol. The Labute approximate surface area is 723 Å². The highest BCUT2D eigenvalue weighted by Crippen LogP contribution is 2.52. The molecule has 0 aliphatic carbocycles. The molecule has 0 unspecified atom stereocenters. The molecule has 0 radical (unpaired) electrons. The number of aromatic nitrogens is 4. The smallest absolute Gasteiger partial charge is 0.338 e. The minimum Gasteiger partial charge on any atom is -0.462 e. The molecule has 610 valence electrons. The highest BCUT2D eigenvalue weighted by Gasteiger charge is 2.32. The van der Waals surface area contributed by atoms with Gasteiger partial charge in [-0.25, -0.2) is 29.1 Å². The van der Waals surface area contributed by atoms with Crippen molar-refractivity contribution >= 4 is 70.2 Å². The van der Waals surface area contributed by atoms with Crippen LogP contribution in [0.1, 0.15) is 143 Å². The van der Waals surface area contributed by atoms with Crippen LogP contribution in [0, 0.1) is 0 Å². The van der Waals surface area contributed by atoms with Crippen molar-refractivity contribution in [1.29, 1.82) is 0 Å². The zero-order valence-corrected chi connectivity index (χ0v) is 70.0. The van der Waals surface area contributed by atoms with Crippen LogP contribution in [0.25, 0.3) is 180 Å². The summed E-state index contributed by atoms with van der Waals surface area (Å²) in [5.41, 5.74) is 24.9. The summed E-state index contributed by atoms with van der Waals surface area (Å²) < 4.78 is 24.6. The minimum absolute atomic E-state index is 0.252. The van der Waals surface area contributed by atoms with Crippen LogP contribution in [0.4, 0.5) is 0 Å². The average Bonchev–Trinajstić information content (AvgIpc) is 1.55. The summed E-state index contributed by atoms with van der Waals surface area (Å²) in [5, 5.41) is 0. The molecule has 12 heteroatoms. The number of carbonyl (C=O) groups is 4. The van der Waals surface area contributed by atoms with Crippen LogP contribution in [0.5, 0.6) is 0 Å². The number of hydrogen-bond donors (Lipinski definition) is 2. The van der Waals surface area contributed by atoms with Crippen LogP contribution in [0.2, 0.25) is 0 Å². The number of nitrogens with one attached hydrogen (secondary N) is 2. The largest absolute Gasteiger partial charge is 0.462 e. The van der Waals surface area contributed by atoms with E-state index in [0.29, 0.717) is 115 Å². The van der Waals surface area contributed by atoms with Gasteiger partial charge in [-0.2, -0.15) is 0 Å². The Morgan fingerprint density at radius 3 is 0.540 bits per heavy atom. The molecule has 2 N–H and O–H groups in total. The van der Waals surface area contributed by atoms with Crippen LogP contribution < -0.4 is 0 Å². The van der Waals surface area contributed by atoms with E-state index in [-0.39, 0.29) is 26.4 Å². The van der Waals surface area contributed by atoms with Crippen molar-refractivity contribution in [3.63, 3.8) is 0 Å². The first-order valence-electron chi connectivity index (χ1n) is 43.1. The van der Waals surface area contributed by atoms with E-state index in [4.69, 9.17) is 28.9 Å². The number of rotatable bonds is 28. The first-order valence-corrected chi connectivity index (χ1v) is 43.1. The highest BCUT2D eigenvalue weighted by atomic mass is 16.5. The second-order valence-corrected chi connectivity index (χ2v) is 31.2. The van der Waals surface area contributed by atoms with E-state index in [2.05, 4.69) is 183 Å². The fraction of sp³-hybridized carbons (Fsp3) is 0.143. The van der Waals surface area contributed by atoms with Crippen LogP contribution >= 0.6 is 0 Å². The SMILES string of the molecule is CCCCOC(=O)c1cc(-c2ccccc2)c(-c2c3nc(c(-c4c(-c5ccccc5)cc(C(=O)OCCCC)cc4-c4ccccc4)c4ccc([nH]4)c(-c4c(-c5ccccc5)cc(C(=O)OCCCC)cc4-c4ccccc4)c4nc(c(-c5c(-c6ccccc6)cc(C(=O)OCCCC)cc5-c5ccccc5)c5ccc2[nH]5)C=C4)C=C3)c(-c2ccccc2)c1. The number of nitrogens with zero attached hydrogens (tertiary/aromatic N) is 2. The Kier molecular flexibility index (Phi) is 24.9. The molecule has 12 nitrogen and oxygen atoms in total. The van der Waals surface area contributed by atoms with Gasteiger partial charge < -0.3 is 28.9 Å². The summed E-state index contributed by atoms with van der Waals surface area (Å²) in [6, 6.07) is 106. The van der Waals surface area contributed by atoms with Gasteiger partial charge >= 0.3 is 23.9 Å². The van der Waals surface area contributed by atoms with Crippen molar-refractivity contribution in [3.05, 3.63) is 360 Å². The molecule has 0 fully saturated rings. The van der Waals surface area contributed by atoms with Crippen LogP contribution in [-0.4, -0.2) is 70.2 Å². The third-order valence-electron chi connectivity index (χ3n) is 22.9. The number of ether oxygens (including phenoxy) is 4. The summed E-state index contributed by atoms with van der Waals surface area (Å²) in [4.78, 5) is 80.5. The predicted molar refractivity (Wildman–Crippen MR) is 505 cm³/mol. The molecule has 15 aromatic rings. The van der Waals surface area contributed by atoms with Gasteiger partial charge in [-0.15, -0.1) is 0 Å². The van der Waals surface area contributed by atoms with Crippen LogP contribution in [0.3, 0.4) is 0 Å². The molecule has 3 aromatic heterocycles. The molecule has 17 rings (SSSR count). The fourth-order valence-electron chi connectivity index (χ4n) is 16.7. The van der Waals surface area contributed by atoms with Crippen molar-refractivity contribution in [2.24, 2.45) is 0 Å². The zero-order valence-electron chi connectivity index (χ0n) is 70.0. The Morgan fingerprint density at radius 1 is 0.226 bits per heavy atom. The van der Waals surface area contributed by atoms with E-state index in [9.17, 15) is 19.2 Å². The van der Waals surface area contributed by atoms with Crippen LogP contribution in [0.15, 0.2) is 315 Å². The maximum atomic E-state index is 15.0. The highest BCUT2D eigenvalue weighted by molar-refractivity contribution is 6.14. The number of benzene rings is 12. The van der Waals surface area contributed by atoms with Gasteiger partial charge in [0, 0.05) is 66.6 Å². The lowest BCUT2D eigenvalue weighted by atomic mass is 9.85. The third-order valence-corrected chi connectivity index (χ3v) is 22.9. The molecule has 0 spiro atoms. The molecule has 12 aromatic carbocycles. The molecule has 8 bridgehead atoms. The van der Waals surface area contributed by atoms with Gasteiger partial charge in [0.15, 0.2) is 0 Å².